The van der Waals surface area contributed by atoms with E-state index in [0.717, 1.165) is 4.90 Å². The van der Waals surface area contributed by atoms with Crippen LogP contribution >= 0.6 is 11.8 Å². The van der Waals surface area contributed by atoms with Crippen LogP contribution in [0.5, 0.6) is 0 Å². The highest BCUT2D eigenvalue weighted by Crippen LogP contribution is 2.23. The highest BCUT2D eigenvalue weighted by Gasteiger charge is 2.08. The Morgan fingerprint density at radius 2 is 2.21 bits per heavy atom. The van der Waals surface area contributed by atoms with Gasteiger partial charge >= 0.3 is 0 Å². The van der Waals surface area contributed by atoms with Gasteiger partial charge in [0, 0.05) is 18.6 Å². The molecule has 0 aromatic heterocycles. The molecule has 1 aromatic rings. The number of carbonyl (C=O) groups is 1. The van der Waals surface area contributed by atoms with Crippen molar-refractivity contribution in [2.24, 2.45) is 0 Å². The van der Waals surface area contributed by atoms with E-state index < -0.39 is 6.10 Å². The first-order valence-electron chi connectivity index (χ1n) is 6.16. The summed E-state index contributed by atoms with van der Waals surface area (Å²) in [6.45, 7) is 4.51. The van der Waals surface area contributed by atoms with E-state index in [2.05, 4.69) is 23.5 Å². The summed E-state index contributed by atoms with van der Waals surface area (Å²) in [7, 11) is 1.52. The average Bonchev–Trinajstić information content (AvgIpc) is 2.38. The third-order valence-corrected chi connectivity index (χ3v) is 3.75. The number of amides is 1. The van der Waals surface area contributed by atoms with Gasteiger partial charge in [-0.1, -0.05) is 17.7 Å². The van der Waals surface area contributed by atoms with Crippen LogP contribution in [0, 0.1) is 13.8 Å². The zero-order valence-electron chi connectivity index (χ0n) is 11.6. The van der Waals surface area contributed by atoms with Crippen LogP contribution in [-0.4, -0.2) is 43.1 Å². The average molecular weight is 283 g/mol. The largest absolute Gasteiger partial charge is 0.389 e. The molecule has 0 heterocycles. The molecule has 1 rings (SSSR count). The second-order valence-electron chi connectivity index (χ2n) is 4.47. The minimum atomic E-state index is -0.653. The quantitative estimate of drug-likeness (QED) is 0.745. The van der Waals surface area contributed by atoms with Crippen LogP contribution in [0.1, 0.15) is 11.1 Å². The number of hydrogen-bond donors (Lipinski definition) is 2. The Kier molecular flexibility index (Phi) is 6.91. The Labute approximate surface area is 118 Å². The van der Waals surface area contributed by atoms with E-state index in [-0.39, 0.29) is 19.1 Å². The number of aryl methyl sites for hydroxylation is 2. The van der Waals surface area contributed by atoms with Crippen molar-refractivity contribution in [3.05, 3.63) is 29.3 Å². The zero-order valence-corrected chi connectivity index (χ0v) is 12.4. The molecule has 0 aliphatic carbocycles. The second kappa shape index (κ2) is 8.19. The molecular formula is C14H21NO3S. The van der Waals surface area contributed by atoms with E-state index in [1.54, 1.807) is 0 Å². The highest BCUT2D eigenvalue weighted by atomic mass is 32.2. The number of methoxy groups -OCH3 is 1. The lowest BCUT2D eigenvalue weighted by molar-refractivity contribution is -0.119. The van der Waals surface area contributed by atoms with Crippen molar-refractivity contribution in [1.29, 1.82) is 0 Å². The van der Waals surface area contributed by atoms with E-state index in [9.17, 15) is 9.90 Å². The van der Waals surface area contributed by atoms with Crippen LogP contribution in [-0.2, 0) is 9.53 Å². The Morgan fingerprint density at radius 3 is 2.89 bits per heavy atom. The van der Waals surface area contributed by atoms with Crippen LogP contribution in [0.3, 0.4) is 0 Å². The maximum Gasteiger partial charge on any atom is 0.230 e. The summed E-state index contributed by atoms with van der Waals surface area (Å²) in [4.78, 5) is 12.8. The first-order chi connectivity index (χ1) is 9.02. The third kappa shape index (κ3) is 6.09. The molecule has 0 spiro atoms. The van der Waals surface area contributed by atoms with Gasteiger partial charge in [-0.3, -0.25) is 4.79 Å². The van der Waals surface area contributed by atoms with E-state index in [0.29, 0.717) is 5.75 Å². The Morgan fingerprint density at radius 1 is 1.47 bits per heavy atom. The number of carbonyl (C=O) groups excluding carboxylic acids is 1. The summed E-state index contributed by atoms with van der Waals surface area (Å²) >= 11 is 1.51. The fourth-order valence-corrected chi connectivity index (χ4v) is 2.49. The molecule has 0 aliphatic rings. The summed E-state index contributed by atoms with van der Waals surface area (Å²) in [5.41, 5.74) is 2.35. The van der Waals surface area contributed by atoms with Gasteiger partial charge in [-0.15, -0.1) is 11.8 Å². The first-order valence-corrected chi connectivity index (χ1v) is 7.15. The standard InChI is InChI=1S/C14H21NO3S/c1-10-4-5-11(2)13(6-10)19-9-14(17)15-7-12(16)8-18-3/h4-6,12,16H,7-9H2,1-3H3,(H,15,17). The van der Waals surface area contributed by atoms with E-state index in [1.165, 1.54) is 30.0 Å². The molecule has 106 valence electrons. The number of thioether (sulfide) groups is 1. The molecule has 4 nitrogen and oxygen atoms in total. The number of benzene rings is 1. The maximum atomic E-state index is 11.6. The van der Waals surface area contributed by atoms with Crippen molar-refractivity contribution in [3.63, 3.8) is 0 Å². The van der Waals surface area contributed by atoms with Gasteiger partial charge in [-0.25, -0.2) is 0 Å². The molecule has 1 aromatic carbocycles. The molecule has 5 heteroatoms. The van der Waals surface area contributed by atoms with Crippen molar-refractivity contribution >= 4 is 17.7 Å². The molecule has 0 saturated heterocycles. The second-order valence-corrected chi connectivity index (χ2v) is 5.49. The number of hydrogen-bond acceptors (Lipinski definition) is 4. The number of aliphatic hydroxyl groups excluding tert-OH is 1. The molecule has 0 aliphatic heterocycles. The predicted octanol–water partition coefficient (Wildman–Crippen LogP) is 1.52. The summed E-state index contributed by atoms with van der Waals surface area (Å²) in [5.74, 6) is 0.269. The van der Waals surface area contributed by atoms with Crippen molar-refractivity contribution in [3.8, 4) is 0 Å². The smallest absolute Gasteiger partial charge is 0.230 e. The van der Waals surface area contributed by atoms with Crippen LogP contribution < -0.4 is 5.32 Å². The normalized spacial score (nSPS) is 12.2. The van der Waals surface area contributed by atoms with Gasteiger partial charge in [-0.2, -0.15) is 0 Å². The Hall–Kier alpha value is -1.04. The first kappa shape index (κ1) is 16.0. The lowest BCUT2D eigenvalue weighted by Crippen LogP contribution is -2.35. The molecule has 0 saturated carbocycles. The minimum absolute atomic E-state index is 0.0824. The van der Waals surface area contributed by atoms with Crippen LogP contribution in [0.2, 0.25) is 0 Å². The highest BCUT2D eigenvalue weighted by molar-refractivity contribution is 8.00. The van der Waals surface area contributed by atoms with Gasteiger partial charge < -0.3 is 15.2 Å². The minimum Gasteiger partial charge on any atom is -0.389 e. The van der Waals surface area contributed by atoms with Gasteiger partial charge in [0.05, 0.1) is 18.5 Å². The fourth-order valence-electron chi connectivity index (χ4n) is 1.54. The van der Waals surface area contributed by atoms with E-state index >= 15 is 0 Å². The number of nitrogens with one attached hydrogen (secondary N) is 1. The molecule has 2 N–H and O–H groups in total. The Balaban J connectivity index is 2.35. The van der Waals surface area contributed by atoms with Crippen molar-refractivity contribution in [2.45, 2.75) is 24.8 Å². The summed E-state index contributed by atoms with van der Waals surface area (Å²) in [6, 6.07) is 6.19. The van der Waals surface area contributed by atoms with Gasteiger partial charge in [-0.05, 0) is 25.5 Å². The number of aliphatic hydroxyl groups is 1. The monoisotopic (exact) mass is 283 g/mol. The summed E-state index contributed by atoms with van der Waals surface area (Å²) in [6.07, 6.45) is -0.653. The summed E-state index contributed by atoms with van der Waals surface area (Å²) < 4.78 is 4.79. The van der Waals surface area contributed by atoms with Crippen LogP contribution in [0.25, 0.3) is 0 Å². The lowest BCUT2D eigenvalue weighted by Gasteiger charge is -2.11. The third-order valence-electron chi connectivity index (χ3n) is 2.60. The van der Waals surface area contributed by atoms with Crippen LogP contribution in [0.15, 0.2) is 23.1 Å². The molecule has 19 heavy (non-hydrogen) atoms. The fraction of sp³-hybridized carbons (Fsp3) is 0.500. The number of rotatable bonds is 7. The van der Waals surface area contributed by atoms with Crippen molar-refractivity contribution in [2.75, 3.05) is 26.0 Å². The lowest BCUT2D eigenvalue weighted by atomic mass is 10.2. The van der Waals surface area contributed by atoms with Crippen molar-refractivity contribution < 1.29 is 14.6 Å². The number of ether oxygens (including phenoxy) is 1. The molecule has 0 bridgehead atoms. The van der Waals surface area contributed by atoms with Gasteiger partial charge in [0.15, 0.2) is 0 Å². The predicted molar refractivity (Wildman–Crippen MR) is 77.5 cm³/mol. The zero-order chi connectivity index (χ0) is 14.3. The molecule has 1 amide bonds. The van der Waals surface area contributed by atoms with Crippen molar-refractivity contribution in [1.82, 2.24) is 5.32 Å². The molecule has 1 unspecified atom stereocenters. The SMILES string of the molecule is COCC(O)CNC(=O)CSc1cc(C)ccc1C. The van der Waals surface area contributed by atoms with Gasteiger partial charge in [0.2, 0.25) is 5.91 Å². The van der Waals surface area contributed by atoms with E-state index in [1.807, 2.05) is 13.8 Å². The topological polar surface area (TPSA) is 58.6 Å². The molecule has 1 atom stereocenters. The molecule has 0 fully saturated rings. The summed E-state index contributed by atoms with van der Waals surface area (Å²) in [5, 5.41) is 12.1. The van der Waals surface area contributed by atoms with Crippen LogP contribution in [0.4, 0.5) is 0 Å². The Bertz CT molecular complexity index is 423. The van der Waals surface area contributed by atoms with Gasteiger partial charge in [0.1, 0.15) is 0 Å². The molecular weight excluding hydrogens is 262 g/mol. The van der Waals surface area contributed by atoms with Gasteiger partial charge in [0.25, 0.3) is 0 Å². The maximum absolute atomic E-state index is 11.6. The molecule has 0 radical (unpaired) electrons. The van der Waals surface area contributed by atoms with E-state index in [4.69, 9.17) is 4.74 Å².